The lowest BCUT2D eigenvalue weighted by Gasteiger charge is -2.12. The van der Waals surface area contributed by atoms with Crippen LogP contribution in [0.25, 0.3) is 0 Å². The van der Waals surface area contributed by atoms with Crippen molar-refractivity contribution in [3.05, 3.63) is 27.3 Å². The van der Waals surface area contributed by atoms with E-state index in [1.807, 2.05) is 22.6 Å². The van der Waals surface area contributed by atoms with E-state index in [2.05, 4.69) is 5.32 Å². The highest BCUT2D eigenvalue weighted by molar-refractivity contribution is 14.1. The van der Waals surface area contributed by atoms with Crippen LogP contribution in [0.5, 0.6) is 0 Å². The molecular weight excluding hydrogens is 325 g/mol. The van der Waals surface area contributed by atoms with E-state index in [1.54, 1.807) is 6.07 Å². The van der Waals surface area contributed by atoms with E-state index in [1.165, 1.54) is 12.1 Å². The summed E-state index contributed by atoms with van der Waals surface area (Å²) in [4.78, 5) is 10.7. The highest BCUT2D eigenvalue weighted by Gasteiger charge is 2.07. The number of anilines is 1. The molecule has 0 aliphatic carbocycles. The second-order valence-corrected chi connectivity index (χ2v) is 4.38. The van der Waals surface area contributed by atoms with Gasteiger partial charge in [-0.05, 0) is 40.8 Å². The topological polar surface area (TPSA) is 89.8 Å². The summed E-state index contributed by atoms with van der Waals surface area (Å²) in [5.74, 6) is -0.972. The van der Waals surface area contributed by atoms with E-state index in [9.17, 15) is 4.79 Å². The van der Waals surface area contributed by atoms with Crippen LogP contribution in [0.4, 0.5) is 5.69 Å². The molecule has 16 heavy (non-hydrogen) atoms. The van der Waals surface area contributed by atoms with Gasteiger partial charge in [0.05, 0.1) is 18.3 Å². The number of aliphatic hydroxyl groups excluding tert-OH is 2. The van der Waals surface area contributed by atoms with Gasteiger partial charge >= 0.3 is 5.97 Å². The van der Waals surface area contributed by atoms with E-state index in [-0.39, 0.29) is 18.7 Å². The standard InChI is InChI=1S/C10H12INO4/c11-8-3-6(10(15)16)1-2-9(8)12-4-7(14)5-13/h1-3,7,12-14H,4-5H2,(H,15,16). The first-order valence-corrected chi connectivity index (χ1v) is 5.68. The molecule has 0 saturated carbocycles. The van der Waals surface area contributed by atoms with Gasteiger partial charge in [-0.15, -0.1) is 0 Å². The van der Waals surface area contributed by atoms with E-state index >= 15 is 0 Å². The van der Waals surface area contributed by atoms with Crippen molar-refractivity contribution in [1.82, 2.24) is 0 Å². The number of halogens is 1. The SMILES string of the molecule is O=C(O)c1ccc(NCC(O)CO)c(I)c1. The van der Waals surface area contributed by atoms with Gasteiger partial charge in [-0.3, -0.25) is 0 Å². The number of carboxylic acid groups (broad SMARTS) is 1. The Morgan fingerprint density at radius 3 is 2.69 bits per heavy atom. The highest BCUT2D eigenvalue weighted by atomic mass is 127. The molecule has 0 aliphatic heterocycles. The van der Waals surface area contributed by atoms with Gasteiger partial charge in [-0.1, -0.05) is 0 Å². The monoisotopic (exact) mass is 337 g/mol. The lowest BCUT2D eigenvalue weighted by Crippen LogP contribution is -2.23. The summed E-state index contributed by atoms with van der Waals surface area (Å²) in [6.45, 7) is -0.0876. The fraction of sp³-hybridized carbons (Fsp3) is 0.300. The minimum Gasteiger partial charge on any atom is -0.478 e. The fourth-order valence-electron chi connectivity index (χ4n) is 1.08. The lowest BCUT2D eigenvalue weighted by molar-refractivity contribution is 0.0697. The first kappa shape index (κ1) is 13.2. The molecule has 1 unspecified atom stereocenters. The molecule has 0 heterocycles. The van der Waals surface area contributed by atoms with Crippen LogP contribution >= 0.6 is 22.6 Å². The van der Waals surface area contributed by atoms with Gasteiger partial charge in [0, 0.05) is 15.8 Å². The maximum absolute atomic E-state index is 10.7. The summed E-state index contributed by atoms with van der Waals surface area (Å²) >= 11 is 2.01. The van der Waals surface area contributed by atoms with Gasteiger partial charge in [0.1, 0.15) is 0 Å². The Labute approximate surface area is 106 Å². The Bertz CT molecular complexity index is 383. The van der Waals surface area contributed by atoms with Crippen LogP contribution in [0.2, 0.25) is 0 Å². The summed E-state index contributed by atoms with van der Waals surface area (Å²) in [6, 6.07) is 4.66. The maximum atomic E-state index is 10.7. The molecule has 1 aromatic carbocycles. The molecule has 0 aliphatic rings. The van der Waals surface area contributed by atoms with Crippen LogP contribution in [-0.2, 0) is 0 Å². The zero-order chi connectivity index (χ0) is 12.1. The molecule has 0 radical (unpaired) electrons. The third kappa shape index (κ3) is 3.62. The number of nitrogens with one attached hydrogen (secondary N) is 1. The van der Waals surface area contributed by atoms with Crippen molar-refractivity contribution in [3.8, 4) is 0 Å². The van der Waals surface area contributed by atoms with Gasteiger partial charge in [-0.2, -0.15) is 0 Å². The molecule has 1 aromatic rings. The van der Waals surface area contributed by atoms with Crippen LogP contribution in [0.1, 0.15) is 10.4 Å². The summed E-state index contributed by atoms with van der Waals surface area (Å²) in [7, 11) is 0. The van der Waals surface area contributed by atoms with Crippen LogP contribution < -0.4 is 5.32 Å². The number of hydrogen-bond donors (Lipinski definition) is 4. The summed E-state index contributed by atoms with van der Waals surface area (Å²) < 4.78 is 0.752. The Hall–Kier alpha value is -0.860. The van der Waals surface area contributed by atoms with Gasteiger partial charge in [0.25, 0.3) is 0 Å². The van der Waals surface area contributed by atoms with E-state index < -0.39 is 12.1 Å². The molecule has 4 N–H and O–H groups in total. The second kappa shape index (κ2) is 6.02. The first-order chi connectivity index (χ1) is 7.54. The molecule has 88 valence electrons. The summed E-state index contributed by atoms with van der Waals surface area (Å²) in [5, 5.41) is 29.5. The molecule has 6 heteroatoms. The number of aromatic carboxylic acids is 1. The Kier molecular flexibility index (Phi) is 4.97. The number of rotatable bonds is 5. The smallest absolute Gasteiger partial charge is 0.335 e. The molecular formula is C10H12INO4. The van der Waals surface area contributed by atoms with Crippen molar-refractivity contribution >= 4 is 34.2 Å². The van der Waals surface area contributed by atoms with Gasteiger partial charge in [0.2, 0.25) is 0 Å². The Morgan fingerprint density at radius 1 is 1.50 bits per heavy atom. The third-order valence-corrected chi connectivity index (χ3v) is 2.85. The lowest BCUT2D eigenvalue weighted by atomic mass is 10.2. The zero-order valence-electron chi connectivity index (χ0n) is 8.35. The van der Waals surface area contributed by atoms with Crippen LogP contribution in [0.15, 0.2) is 18.2 Å². The van der Waals surface area contributed by atoms with Crippen molar-refractivity contribution in [3.63, 3.8) is 0 Å². The number of hydrogen-bond acceptors (Lipinski definition) is 4. The normalized spacial score (nSPS) is 12.2. The van der Waals surface area contributed by atoms with Crippen molar-refractivity contribution in [2.45, 2.75) is 6.10 Å². The molecule has 0 fully saturated rings. The molecule has 0 aromatic heterocycles. The van der Waals surface area contributed by atoms with Gasteiger partial charge in [-0.25, -0.2) is 4.79 Å². The third-order valence-electron chi connectivity index (χ3n) is 1.95. The molecule has 0 bridgehead atoms. The van der Waals surface area contributed by atoms with Gasteiger partial charge in [0.15, 0.2) is 0 Å². The predicted octanol–water partition coefficient (Wildman–Crippen LogP) is 0.754. The quantitative estimate of drug-likeness (QED) is 0.596. The van der Waals surface area contributed by atoms with Crippen molar-refractivity contribution < 1.29 is 20.1 Å². The van der Waals surface area contributed by atoms with E-state index in [4.69, 9.17) is 15.3 Å². The molecule has 0 saturated heterocycles. The van der Waals surface area contributed by atoms with Crippen LogP contribution in [0.3, 0.4) is 0 Å². The van der Waals surface area contributed by atoms with Crippen LogP contribution in [0, 0.1) is 3.57 Å². The fourth-order valence-corrected chi connectivity index (χ4v) is 1.79. The maximum Gasteiger partial charge on any atom is 0.335 e. The Balaban J connectivity index is 2.72. The van der Waals surface area contributed by atoms with Crippen LogP contribution in [-0.4, -0.2) is 40.5 Å². The second-order valence-electron chi connectivity index (χ2n) is 3.22. The zero-order valence-corrected chi connectivity index (χ0v) is 10.5. The number of benzene rings is 1. The van der Waals surface area contributed by atoms with Gasteiger partial charge < -0.3 is 20.6 Å². The molecule has 0 spiro atoms. The molecule has 1 atom stereocenters. The molecule has 1 rings (SSSR count). The van der Waals surface area contributed by atoms with Crippen molar-refractivity contribution in [2.24, 2.45) is 0 Å². The molecule has 5 nitrogen and oxygen atoms in total. The minimum absolute atomic E-state index is 0.220. The van der Waals surface area contributed by atoms with E-state index in [0.717, 1.165) is 9.26 Å². The number of aliphatic hydroxyl groups is 2. The molecule has 0 amide bonds. The Morgan fingerprint density at radius 2 is 2.19 bits per heavy atom. The number of carboxylic acids is 1. The number of carbonyl (C=O) groups is 1. The first-order valence-electron chi connectivity index (χ1n) is 4.60. The van der Waals surface area contributed by atoms with Crippen molar-refractivity contribution in [1.29, 1.82) is 0 Å². The summed E-state index contributed by atoms with van der Waals surface area (Å²) in [5.41, 5.74) is 0.954. The average Bonchev–Trinajstić information content (AvgIpc) is 2.26. The summed E-state index contributed by atoms with van der Waals surface area (Å²) in [6.07, 6.45) is -0.824. The predicted molar refractivity (Wildman–Crippen MR) is 67.7 cm³/mol. The average molecular weight is 337 g/mol. The van der Waals surface area contributed by atoms with E-state index in [0.29, 0.717) is 0 Å². The minimum atomic E-state index is -0.972. The largest absolute Gasteiger partial charge is 0.478 e. The highest BCUT2D eigenvalue weighted by Crippen LogP contribution is 2.19. The van der Waals surface area contributed by atoms with Crippen molar-refractivity contribution in [2.75, 3.05) is 18.5 Å².